The number of nitrogens with two attached hydrogens (primary N) is 1. The second kappa shape index (κ2) is 4.30. The smallest absolute Gasteiger partial charge is 0.101 e. The van der Waals surface area contributed by atoms with Crippen LogP contribution < -0.4 is 5.73 Å². The summed E-state index contributed by atoms with van der Waals surface area (Å²) >= 11 is 0. The molecule has 3 heteroatoms. The molecule has 0 aromatic rings. The van der Waals surface area contributed by atoms with Crippen LogP contribution in [0.1, 0.15) is 40.0 Å². The van der Waals surface area contributed by atoms with Crippen molar-refractivity contribution in [2.45, 2.75) is 51.6 Å². The Morgan fingerprint density at radius 2 is 2.29 bits per heavy atom. The van der Waals surface area contributed by atoms with Crippen molar-refractivity contribution >= 4 is 5.84 Å². The Morgan fingerprint density at radius 1 is 1.64 bits per heavy atom. The SMILES string of the molecule is CCC(C)N1CCC(C)(N)CC1=NC. The molecule has 0 radical (unpaired) electrons. The van der Waals surface area contributed by atoms with Crippen LogP contribution in [0.4, 0.5) is 0 Å². The maximum atomic E-state index is 6.14. The van der Waals surface area contributed by atoms with E-state index in [2.05, 4.69) is 30.7 Å². The van der Waals surface area contributed by atoms with Gasteiger partial charge in [0.05, 0.1) is 0 Å². The first-order valence-corrected chi connectivity index (χ1v) is 5.51. The lowest BCUT2D eigenvalue weighted by molar-refractivity contribution is 0.243. The van der Waals surface area contributed by atoms with Crippen LogP contribution in [-0.2, 0) is 0 Å². The number of aliphatic imine (C=N–C) groups is 1. The molecule has 2 atom stereocenters. The van der Waals surface area contributed by atoms with Crippen LogP contribution in [-0.4, -0.2) is 35.9 Å². The standard InChI is InChI=1S/C11H23N3/c1-5-9(2)14-7-6-11(3,12)8-10(14)13-4/h9H,5-8,12H2,1-4H3. The lowest BCUT2D eigenvalue weighted by Gasteiger charge is -2.41. The molecular formula is C11H23N3. The van der Waals surface area contributed by atoms with E-state index >= 15 is 0 Å². The van der Waals surface area contributed by atoms with Crippen LogP contribution in [0, 0.1) is 0 Å². The van der Waals surface area contributed by atoms with Crippen molar-refractivity contribution in [1.29, 1.82) is 0 Å². The fraction of sp³-hybridized carbons (Fsp3) is 0.909. The molecule has 2 unspecified atom stereocenters. The van der Waals surface area contributed by atoms with Crippen LogP contribution in [0.15, 0.2) is 4.99 Å². The highest BCUT2D eigenvalue weighted by Gasteiger charge is 2.31. The highest BCUT2D eigenvalue weighted by Crippen LogP contribution is 2.23. The van der Waals surface area contributed by atoms with Gasteiger partial charge in [0.2, 0.25) is 0 Å². The van der Waals surface area contributed by atoms with Gasteiger partial charge in [-0.05, 0) is 26.7 Å². The maximum absolute atomic E-state index is 6.14. The first kappa shape index (κ1) is 11.5. The maximum Gasteiger partial charge on any atom is 0.101 e. The molecule has 1 heterocycles. The van der Waals surface area contributed by atoms with Gasteiger partial charge in [-0.1, -0.05) is 6.92 Å². The molecule has 14 heavy (non-hydrogen) atoms. The van der Waals surface area contributed by atoms with Crippen molar-refractivity contribution in [2.75, 3.05) is 13.6 Å². The zero-order chi connectivity index (χ0) is 10.8. The molecule has 0 aromatic heterocycles. The summed E-state index contributed by atoms with van der Waals surface area (Å²) in [5.41, 5.74) is 6.08. The van der Waals surface area contributed by atoms with E-state index in [0.717, 1.165) is 19.4 Å². The number of likely N-dealkylation sites (tertiary alicyclic amines) is 1. The lowest BCUT2D eigenvalue weighted by Crippen LogP contribution is -2.53. The summed E-state index contributed by atoms with van der Waals surface area (Å²) in [5.74, 6) is 1.18. The Bertz CT molecular complexity index is 221. The summed E-state index contributed by atoms with van der Waals surface area (Å²) in [5, 5.41) is 0. The quantitative estimate of drug-likeness (QED) is 0.731. The Kier molecular flexibility index (Phi) is 3.53. The summed E-state index contributed by atoms with van der Waals surface area (Å²) in [7, 11) is 1.87. The number of amidine groups is 1. The zero-order valence-corrected chi connectivity index (χ0v) is 9.88. The lowest BCUT2D eigenvalue weighted by atomic mass is 9.89. The minimum absolute atomic E-state index is 0.0567. The number of nitrogens with zero attached hydrogens (tertiary/aromatic N) is 2. The van der Waals surface area contributed by atoms with Crippen LogP contribution >= 0.6 is 0 Å². The number of rotatable bonds is 2. The molecule has 2 N–H and O–H groups in total. The molecular weight excluding hydrogens is 174 g/mol. The number of hydrogen-bond donors (Lipinski definition) is 1. The molecule has 0 amide bonds. The summed E-state index contributed by atoms with van der Waals surface area (Å²) < 4.78 is 0. The molecule has 0 aromatic carbocycles. The third-order valence-electron chi connectivity index (χ3n) is 3.20. The minimum atomic E-state index is -0.0567. The monoisotopic (exact) mass is 197 g/mol. The number of hydrogen-bond acceptors (Lipinski definition) is 2. The average molecular weight is 197 g/mol. The molecule has 0 saturated carbocycles. The van der Waals surface area contributed by atoms with Crippen molar-refractivity contribution in [3.05, 3.63) is 0 Å². The van der Waals surface area contributed by atoms with E-state index in [9.17, 15) is 0 Å². The van der Waals surface area contributed by atoms with Crippen LogP contribution in [0.5, 0.6) is 0 Å². The van der Waals surface area contributed by atoms with Crippen molar-refractivity contribution in [1.82, 2.24) is 4.90 Å². The molecule has 82 valence electrons. The van der Waals surface area contributed by atoms with Gasteiger partial charge < -0.3 is 10.6 Å². The van der Waals surface area contributed by atoms with Crippen molar-refractivity contribution in [3.8, 4) is 0 Å². The van der Waals surface area contributed by atoms with Gasteiger partial charge >= 0.3 is 0 Å². The van der Waals surface area contributed by atoms with E-state index in [-0.39, 0.29) is 5.54 Å². The molecule has 1 aliphatic heterocycles. The van der Waals surface area contributed by atoms with Gasteiger partial charge in [-0.25, -0.2) is 0 Å². The largest absolute Gasteiger partial charge is 0.358 e. The van der Waals surface area contributed by atoms with Gasteiger partial charge in [-0.15, -0.1) is 0 Å². The topological polar surface area (TPSA) is 41.6 Å². The highest BCUT2D eigenvalue weighted by atomic mass is 15.2. The zero-order valence-electron chi connectivity index (χ0n) is 9.88. The summed E-state index contributed by atoms with van der Waals surface area (Å²) in [6.45, 7) is 7.64. The second-order valence-corrected chi connectivity index (χ2v) is 4.67. The van der Waals surface area contributed by atoms with E-state index in [4.69, 9.17) is 5.73 Å². The second-order valence-electron chi connectivity index (χ2n) is 4.67. The van der Waals surface area contributed by atoms with E-state index in [1.54, 1.807) is 0 Å². The first-order chi connectivity index (χ1) is 6.50. The van der Waals surface area contributed by atoms with Crippen LogP contribution in [0.3, 0.4) is 0 Å². The third kappa shape index (κ3) is 2.47. The first-order valence-electron chi connectivity index (χ1n) is 5.51. The molecule has 3 nitrogen and oxygen atoms in total. The summed E-state index contributed by atoms with van der Waals surface area (Å²) in [6.07, 6.45) is 3.14. The highest BCUT2D eigenvalue weighted by molar-refractivity contribution is 5.84. The van der Waals surface area contributed by atoms with Crippen molar-refractivity contribution in [2.24, 2.45) is 10.7 Å². The van der Waals surface area contributed by atoms with Crippen molar-refractivity contribution in [3.63, 3.8) is 0 Å². The van der Waals surface area contributed by atoms with Crippen molar-refractivity contribution < 1.29 is 0 Å². The minimum Gasteiger partial charge on any atom is -0.358 e. The molecule has 0 spiro atoms. The normalized spacial score (nSPS) is 33.5. The number of piperidine rings is 1. The van der Waals surface area contributed by atoms with Gasteiger partial charge in [0, 0.05) is 31.6 Å². The van der Waals surface area contributed by atoms with Gasteiger partial charge in [0.1, 0.15) is 5.84 Å². The third-order valence-corrected chi connectivity index (χ3v) is 3.20. The van der Waals surface area contributed by atoms with E-state index in [1.807, 2.05) is 7.05 Å². The van der Waals surface area contributed by atoms with Gasteiger partial charge in [0.25, 0.3) is 0 Å². The summed E-state index contributed by atoms with van der Waals surface area (Å²) in [4.78, 5) is 6.75. The van der Waals surface area contributed by atoms with Gasteiger partial charge in [-0.3, -0.25) is 4.99 Å². The molecule has 0 aliphatic carbocycles. The Hall–Kier alpha value is -0.570. The molecule has 1 aliphatic rings. The Labute approximate surface area is 87.4 Å². The molecule has 0 bridgehead atoms. The van der Waals surface area contributed by atoms with Crippen LogP contribution in [0.2, 0.25) is 0 Å². The van der Waals surface area contributed by atoms with Gasteiger partial charge in [-0.2, -0.15) is 0 Å². The summed E-state index contributed by atoms with van der Waals surface area (Å²) in [6, 6.07) is 0.588. The molecule has 1 fully saturated rings. The fourth-order valence-electron chi connectivity index (χ4n) is 1.96. The van der Waals surface area contributed by atoms with Gasteiger partial charge in [0.15, 0.2) is 0 Å². The van der Waals surface area contributed by atoms with Crippen LogP contribution in [0.25, 0.3) is 0 Å². The average Bonchev–Trinajstić information content (AvgIpc) is 2.15. The fourth-order valence-corrected chi connectivity index (χ4v) is 1.96. The van der Waals surface area contributed by atoms with E-state index in [0.29, 0.717) is 6.04 Å². The predicted octanol–water partition coefficient (Wildman–Crippen LogP) is 1.63. The predicted molar refractivity (Wildman–Crippen MR) is 61.6 cm³/mol. The Morgan fingerprint density at radius 3 is 2.79 bits per heavy atom. The van der Waals surface area contributed by atoms with E-state index < -0.39 is 0 Å². The van der Waals surface area contributed by atoms with E-state index in [1.165, 1.54) is 12.3 Å². The molecule has 1 rings (SSSR count). The Balaban J connectivity index is 2.72. The molecule has 1 saturated heterocycles.